The fourth-order valence-electron chi connectivity index (χ4n) is 2.56. The first kappa shape index (κ1) is 16.0. The highest BCUT2D eigenvalue weighted by molar-refractivity contribution is 4.72. The minimum Gasteiger partial charge on any atom is -0.316 e. The molecule has 1 N–H and O–H groups in total. The van der Waals surface area contributed by atoms with Gasteiger partial charge in [-0.15, -0.1) is 0 Å². The molecule has 0 aliphatic heterocycles. The van der Waals surface area contributed by atoms with Crippen LogP contribution >= 0.6 is 0 Å². The molecule has 1 heteroatoms. The van der Waals surface area contributed by atoms with Crippen LogP contribution in [0.1, 0.15) is 60.8 Å². The van der Waals surface area contributed by atoms with Crippen LogP contribution in [-0.4, -0.2) is 13.1 Å². The lowest BCUT2D eigenvalue weighted by Crippen LogP contribution is -2.31. The lowest BCUT2D eigenvalue weighted by molar-refractivity contribution is 0.254. The van der Waals surface area contributed by atoms with Gasteiger partial charge in [0.2, 0.25) is 0 Å². The van der Waals surface area contributed by atoms with E-state index in [-0.39, 0.29) is 0 Å². The lowest BCUT2D eigenvalue weighted by atomic mass is 9.82. The molecule has 0 radical (unpaired) electrons. The van der Waals surface area contributed by atoms with Gasteiger partial charge in [0.1, 0.15) is 0 Å². The van der Waals surface area contributed by atoms with Crippen LogP contribution in [0.4, 0.5) is 0 Å². The SMILES string of the molecule is CCC(CC)C(CNCC(C)C)CC(C)C. The highest BCUT2D eigenvalue weighted by Gasteiger charge is 2.19. The van der Waals surface area contributed by atoms with E-state index in [1.807, 2.05) is 0 Å². The van der Waals surface area contributed by atoms with E-state index in [1.54, 1.807) is 0 Å². The summed E-state index contributed by atoms with van der Waals surface area (Å²) in [4.78, 5) is 0. The quantitative estimate of drug-likeness (QED) is 0.618. The molecule has 0 aromatic carbocycles. The van der Waals surface area contributed by atoms with Crippen LogP contribution in [0.25, 0.3) is 0 Å². The molecule has 0 aliphatic carbocycles. The number of rotatable bonds is 9. The molecule has 98 valence electrons. The second-order valence-corrected chi connectivity index (χ2v) is 6.02. The Hall–Kier alpha value is -0.0400. The Morgan fingerprint density at radius 2 is 1.31 bits per heavy atom. The van der Waals surface area contributed by atoms with Crippen molar-refractivity contribution < 1.29 is 0 Å². The van der Waals surface area contributed by atoms with Gasteiger partial charge in [0.05, 0.1) is 0 Å². The summed E-state index contributed by atoms with van der Waals surface area (Å²) in [6, 6.07) is 0. The van der Waals surface area contributed by atoms with Crippen LogP contribution in [0.3, 0.4) is 0 Å². The Kier molecular flexibility index (Phi) is 9.02. The van der Waals surface area contributed by atoms with E-state index in [4.69, 9.17) is 0 Å². The first-order valence-corrected chi connectivity index (χ1v) is 7.21. The van der Waals surface area contributed by atoms with E-state index in [2.05, 4.69) is 46.9 Å². The maximum absolute atomic E-state index is 3.64. The molecule has 0 fully saturated rings. The zero-order valence-corrected chi connectivity index (χ0v) is 12.3. The molecule has 16 heavy (non-hydrogen) atoms. The van der Waals surface area contributed by atoms with Gasteiger partial charge in [-0.1, -0.05) is 54.4 Å². The zero-order chi connectivity index (χ0) is 12.6. The van der Waals surface area contributed by atoms with Gasteiger partial charge in [-0.3, -0.25) is 0 Å². The van der Waals surface area contributed by atoms with Crippen molar-refractivity contribution in [2.24, 2.45) is 23.7 Å². The Bertz CT molecular complexity index is 148. The molecular formula is C15H33N. The molecule has 0 spiro atoms. The highest BCUT2D eigenvalue weighted by Crippen LogP contribution is 2.25. The molecule has 1 atom stereocenters. The molecule has 0 aromatic rings. The predicted octanol–water partition coefficient (Wildman–Crippen LogP) is 4.33. The fourth-order valence-corrected chi connectivity index (χ4v) is 2.56. The normalized spacial score (nSPS) is 14.1. The van der Waals surface area contributed by atoms with Crippen LogP contribution < -0.4 is 5.32 Å². The van der Waals surface area contributed by atoms with Crippen molar-refractivity contribution in [1.82, 2.24) is 5.32 Å². The summed E-state index contributed by atoms with van der Waals surface area (Å²) < 4.78 is 0. The first-order valence-electron chi connectivity index (χ1n) is 7.21. The van der Waals surface area contributed by atoms with Crippen LogP contribution in [-0.2, 0) is 0 Å². The summed E-state index contributed by atoms with van der Waals surface area (Å²) in [7, 11) is 0. The molecule has 0 rings (SSSR count). The Labute approximate surface area is 103 Å². The smallest absolute Gasteiger partial charge is 0.00177 e. The molecule has 0 amide bonds. The fraction of sp³-hybridized carbons (Fsp3) is 1.00. The van der Waals surface area contributed by atoms with Crippen molar-refractivity contribution in [2.75, 3.05) is 13.1 Å². The van der Waals surface area contributed by atoms with Gasteiger partial charge in [0, 0.05) is 0 Å². The Morgan fingerprint density at radius 3 is 1.69 bits per heavy atom. The summed E-state index contributed by atoms with van der Waals surface area (Å²) >= 11 is 0. The zero-order valence-electron chi connectivity index (χ0n) is 12.3. The van der Waals surface area contributed by atoms with Crippen LogP contribution in [0, 0.1) is 23.7 Å². The number of hydrogen-bond donors (Lipinski definition) is 1. The third-order valence-corrected chi connectivity index (χ3v) is 3.45. The van der Waals surface area contributed by atoms with Crippen molar-refractivity contribution in [2.45, 2.75) is 60.8 Å². The van der Waals surface area contributed by atoms with Crippen LogP contribution in [0.15, 0.2) is 0 Å². The summed E-state index contributed by atoms with van der Waals surface area (Å²) in [5, 5.41) is 3.64. The summed E-state index contributed by atoms with van der Waals surface area (Å²) in [5.41, 5.74) is 0. The first-order chi connectivity index (χ1) is 7.51. The standard InChI is InChI=1S/C15H33N/c1-7-14(8-2)15(9-12(3)4)11-16-10-13(5)6/h12-16H,7-11H2,1-6H3. The van der Waals surface area contributed by atoms with Gasteiger partial charge in [-0.05, 0) is 43.2 Å². The molecular weight excluding hydrogens is 194 g/mol. The van der Waals surface area contributed by atoms with Gasteiger partial charge in [0.25, 0.3) is 0 Å². The number of hydrogen-bond acceptors (Lipinski definition) is 1. The molecule has 0 heterocycles. The monoisotopic (exact) mass is 227 g/mol. The minimum absolute atomic E-state index is 0.765. The molecule has 0 saturated heterocycles. The summed E-state index contributed by atoms with van der Waals surface area (Å²) in [5.74, 6) is 3.36. The van der Waals surface area contributed by atoms with Gasteiger partial charge in [0.15, 0.2) is 0 Å². The molecule has 1 unspecified atom stereocenters. The molecule has 1 nitrogen and oxygen atoms in total. The van der Waals surface area contributed by atoms with E-state index in [0.717, 1.165) is 30.2 Å². The predicted molar refractivity (Wildman–Crippen MR) is 74.7 cm³/mol. The Morgan fingerprint density at radius 1 is 0.750 bits per heavy atom. The van der Waals surface area contributed by atoms with Crippen molar-refractivity contribution in [3.63, 3.8) is 0 Å². The van der Waals surface area contributed by atoms with E-state index >= 15 is 0 Å². The largest absolute Gasteiger partial charge is 0.316 e. The molecule has 0 aromatic heterocycles. The Balaban J connectivity index is 4.08. The van der Waals surface area contributed by atoms with E-state index < -0.39 is 0 Å². The van der Waals surface area contributed by atoms with Gasteiger partial charge >= 0.3 is 0 Å². The molecule has 0 aliphatic rings. The maximum atomic E-state index is 3.64. The topological polar surface area (TPSA) is 12.0 Å². The van der Waals surface area contributed by atoms with Crippen molar-refractivity contribution in [3.05, 3.63) is 0 Å². The third-order valence-electron chi connectivity index (χ3n) is 3.45. The highest BCUT2D eigenvalue weighted by atomic mass is 14.9. The summed E-state index contributed by atoms with van der Waals surface area (Å²) in [6.45, 7) is 16.3. The summed E-state index contributed by atoms with van der Waals surface area (Å²) in [6.07, 6.45) is 4.03. The van der Waals surface area contributed by atoms with Crippen molar-refractivity contribution in [3.8, 4) is 0 Å². The second-order valence-electron chi connectivity index (χ2n) is 6.02. The average Bonchev–Trinajstić information content (AvgIpc) is 2.17. The van der Waals surface area contributed by atoms with Crippen molar-refractivity contribution in [1.29, 1.82) is 0 Å². The average molecular weight is 227 g/mol. The van der Waals surface area contributed by atoms with E-state index in [1.165, 1.54) is 25.8 Å². The molecule has 0 bridgehead atoms. The van der Waals surface area contributed by atoms with Gasteiger partial charge in [-0.25, -0.2) is 0 Å². The van der Waals surface area contributed by atoms with Gasteiger partial charge in [-0.2, -0.15) is 0 Å². The van der Waals surface area contributed by atoms with Crippen molar-refractivity contribution >= 4 is 0 Å². The lowest BCUT2D eigenvalue weighted by Gasteiger charge is -2.27. The third kappa shape index (κ3) is 7.27. The maximum Gasteiger partial charge on any atom is -0.00177 e. The van der Waals surface area contributed by atoms with Crippen LogP contribution in [0.5, 0.6) is 0 Å². The second kappa shape index (κ2) is 9.04. The van der Waals surface area contributed by atoms with E-state index in [9.17, 15) is 0 Å². The van der Waals surface area contributed by atoms with Gasteiger partial charge < -0.3 is 5.32 Å². The number of nitrogens with one attached hydrogen (secondary N) is 1. The minimum atomic E-state index is 0.765. The molecule has 0 saturated carbocycles. The van der Waals surface area contributed by atoms with Crippen LogP contribution in [0.2, 0.25) is 0 Å². The van der Waals surface area contributed by atoms with E-state index in [0.29, 0.717) is 0 Å².